The summed E-state index contributed by atoms with van der Waals surface area (Å²) in [6.07, 6.45) is 0. The number of hydrogen-bond acceptors (Lipinski definition) is 5. The number of nitrogens with one attached hydrogen (secondary N) is 1. The molecular formula is C13H11FN4S. The Labute approximate surface area is 113 Å². The molecule has 3 rings (SSSR count). The van der Waals surface area contributed by atoms with Crippen molar-refractivity contribution < 1.29 is 4.39 Å². The Bertz CT molecular complexity index is 733. The molecule has 0 spiro atoms. The Morgan fingerprint density at radius 1 is 1.26 bits per heavy atom. The van der Waals surface area contributed by atoms with E-state index in [2.05, 4.69) is 15.3 Å². The minimum absolute atomic E-state index is 0.173. The number of aryl methyl sites for hydroxylation is 1. The standard InChI is InChI=1S/C13H11FN4S/c1-7-3-2-4-9(14)10(7)16-11-8-5-6-19-12(8)18-13(15)17-11/h2-6H,1H3,(H3,15,16,17,18). The van der Waals surface area contributed by atoms with Crippen LogP contribution in [-0.4, -0.2) is 9.97 Å². The summed E-state index contributed by atoms with van der Waals surface area (Å²) in [5.41, 5.74) is 6.88. The molecule has 3 N–H and O–H groups in total. The highest BCUT2D eigenvalue weighted by Gasteiger charge is 2.11. The van der Waals surface area contributed by atoms with E-state index in [9.17, 15) is 4.39 Å². The van der Waals surface area contributed by atoms with Crippen molar-refractivity contribution in [2.24, 2.45) is 0 Å². The lowest BCUT2D eigenvalue weighted by Crippen LogP contribution is -2.02. The average Bonchev–Trinajstić information content (AvgIpc) is 2.81. The Hall–Kier alpha value is -2.21. The van der Waals surface area contributed by atoms with E-state index < -0.39 is 0 Å². The zero-order valence-electron chi connectivity index (χ0n) is 10.1. The van der Waals surface area contributed by atoms with Crippen LogP contribution in [0.4, 0.5) is 21.8 Å². The first-order chi connectivity index (χ1) is 9.15. The first kappa shape index (κ1) is 11.9. The van der Waals surface area contributed by atoms with Crippen LogP contribution in [0.5, 0.6) is 0 Å². The van der Waals surface area contributed by atoms with Gasteiger partial charge >= 0.3 is 0 Å². The molecule has 1 aromatic carbocycles. The number of nitrogens with two attached hydrogens (primary N) is 1. The van der Waals surface area contributed by atoms with Gasteiger partial charge in [-0.25, -0.2) is 9.37 Å². The number of nitrogens with zero attached hydrogens (tertiary/aromatic N) is 2. The van der Waals surface area contributed by atoms with Crippen molar-refractivity contribution in [2.45, 2.75) is 6.92 Å². The van der Waals surface area contributed by atoms with E-state index >= 15 is 0 Å². The summed E-state index contributed by atoms with van der Waals surface area (Å²) in [7, 11) is 0. The third-order valence-electron chi connectivity index (χ3n) is 2.81. The van der Waals surface area contributed by atoms with Crippen molar-refractivity contribution in [3.63, 3.8) is 0 Å². The van der Waals surface area contributed by atoms with Crippen LogP contribution >= 0.6 is 11.3 Å². The van der Waals surface area contributed by atoms with E-state index in [0.717, 1.165) is 15.8 Å². The average molecular weight is 274 g/mol. The van der Waals surface area contributed by atoms with Crippen LogP contribution < -0.4 is 11.1 Å². The maximum Gasteiger partial charge on any atom is 0.223 e. The van der Waals surface area contributed by atoms with E-state index in [4.69, 9.17) is 5.73 Å². The number of aromatic nitrogens is 2. The normalized spacial score (nSPS) is 10.8. The number of nitrogen functional groups attached to an aromatic ring is 1. The summed E-state index contributed by atoms with van der Waals surface area (Å²) in [5.74, 6) is 0.379. The molecule has 4 nitrogen and oxygen atoms in total. The molecule has 0 unspecified atom stereocenters. The van der Waals surface area contributed by atoms with E-state index in [1.54, 1.807) is 6.07 Å². The largest absolute Gasteiger partial charge is 0.368 e. The fourth-order valence-electron chi connectivity index (χ4n) is 1.88. The fraction of sp³-hybridized carbons (Fsp3) is 0.0769. The van der Waals surface area contributed by atoms with Crippen LogP contribution in [0, 0.1) is 12.7 Å². The number of hydrogen-bond donors (Lipinski definition) is 2. The SMILES string of the molecule is Cc1cccc(F)c1Nc1nc(N)nc2sccc12. The number of para-hydroxylation sites is 1. The van der Waals surface area contributed by atoms with E-state index in [1.807, 2.05) is 24.4 Å². The van der Waals surface area contributed by atoms with E-state index in [-0.39, 0.29) is 11.8 Å². The fourth-order valence-corrected chi connectivity index (χ4v) is 2.65. The first-order valence-corrected chi connectivity index (χ1v) is 6.56. The van der Waals surface area contributed by atoms with E-state index in [1.165, 1.54) is 17.4 Å². The second-order valence-corrected chi connectivity index (χ2v) is 5.02. The van der Waals surface area contributed by atoms with Gasteiger partial charge in [0, 0.05) is 0 Å². The van der Waals surface area contributed by atoms with Crippen LogP contribution in [0.15, 0.2) is 29.6 Å². The lowest BCUT2D eigenvalue weighted by molar-refractivity contribution is 0.631. The lowest BCUT2D eigenvalue weighted by atomic mass is 10.2. The van der Waals surface area contributed by atoms with Crippen molar-refractivity contribution in [3.8, 4) is 0 Å². The molecule has 0 fully saturated rings. The van der Waals surface area contributed by atoms with Crippen LogP contribution in [0.2, 0.25) is 0 Å². The number of thiophene rings is 1. The van der Waals surface area contributed by atoms with Gasteiger partial charge in [0.05, 0.1) is 11.1 Å². The minimum Gasteiger partial charge on any atom is -0.368 e. The van der Waals surface area contributed by atoms with Crippen molar-refractivity contribution in [1.82, 2.24) is 9.97 Å². The van der Waals surface area contributed by atoms with Gasteiger partial charge in [0.25, 0.3) is 0 Å². The molecule has 0 saturated heterocycles. The third-order valence-corrected chi connectivity index (χ3v) is 3.61. The summed E-state index contributed by atoms with van der Waals surface area (Å²) in [6.45, 7) is 1.83. The molecule has 0 amide bonds. The van der Waals surface area contributed by atoms with Gasteiger partial charge in [-0.05, 0) is 30.0 Å². The van der Waals surface area contributed by atoms with Crippen LogP contribution in [0.3, 0.4) is 0 Å². The van der Waals surface area contributed by atoms with Gasteiger partial charge in [0.1, 0.15) is 16.5 Å². The highest BCUT2D eigenvalue weighted by Crippen LogP contribution is 2.30. The molecule has 2 heterocycles. The van der Waals surface area contributed by atoms with Gasteiger partial charge in [-0.15, -0.1) is 11.3 Å². The number of benzene rings is 1. The lowest BCUT2D eigenvalue weighted by Gasteiger charge is -2.10. The van der Waals surface area contributed by atoms with E-state index in [0.29, 0.717) is 11.5 Å². The van der Waals surface area contributed by atoms with Gasteiger partial charge in [0.2, 0.25) is 5.95 Å². The molecule has 3 aromatic rings. The molecule has 0 aliphatic heterocycles. The molecule has 0 bridgehead atoms. The van der Waals surface area contributed by atoms with Gasteiger partial charge < -0.3 is 11.1 Å². The highest BCUT2D eigenvalue weighted by atomic mass is 32.1. The second kappa shape index (κ2) is 4.47. The molecular weight excluding hydrogens is 263 g/mol. The van der Waals surface area contributed by atoms with Crippen molar-refractivity contribution in [1.29, 1.82) is 0 Å². The highest BCUT2D eigenvalue weighted by molar-refractivity contribution is 7.16. The molecule has 0 aliphatic rings. The van der Waals surface area contributed by atoms with Crippen LogP contribution in [-0.2, 0) is 0 Å². The molecule has 0 saturated carbocycles. The maximum absolute atomic E-state index is 13.8. The van der Waals surface area contributed by atoms with Gasteiger partial charge in [-0.1, -0.05) is 12.1 Å². The zero-order valence-corrected chi connectivity index (χ0v) is 11.0. The molecule has 6 heteroatoms. The number of anilines is 3. The summed E-state index contributed by atoms with van der Waals surface area (Å²) >= 11 is 1.47. The molecule has 0 radical (unpaired) electrons. The summed E-state index contributed by atoms with van der Waals surface area (Å²) < 4.78 is 13.8. The summed E-state index contributed by atoms with van der Waals surface area (Å²) in [5, 5.41) is 5.75. The minimum atomic E-state index is -0.319. The Balaban J connectivity index is 2.13. The van der Waals surface area contributed by atoms with Crippen LogP contribution in [0.1, 0.15) is 5.56 Å². The van der Waals surface area contributed by atoms with Crippen molar-refractivity contribution in [2.75, 3.05) is 11.1 Å². The zero-order chi connectivity index (χ0) is 13.4. The smallest absolute Gasteiger partial charge is 0.223 e. The molecule has 2 aromatic heterocycles. The Morgan fingerprint density at radius 2 is 2.11 bits per heavy atom. The quantitative estimate of drug-likeness (QED) is 0.751. The van der Waals surface area contributed by atoms with Crippen LogP contribution in [0.25, 0.3) is 10.2 Å². The Kier molecular flexibility index (Phi) is 2.79. The topological polar surface area (TPSA) is 63.8 Å². The van der Waals surface area contributed by atoms with Gasteiger partial charge in [-0.2, -0.15) is 4.98 Å². The summed E-state index contributed by atoms with van der Waals surface area (Å²) in [4.78, 5) is 9.06. The number of rotatable bonds is 2. The molecule has 0 atom stereocenters. The number of halogens is 1. The first-order valence-electron chi connectivity index (χ1n) is 5.68. The number of fused-ring (bicyclic) bond motifs is 1. The van der Waals surface area contributed by atoms with Gasteiger partial charge in [-0.3, -0.25) is 0 Å². The molecule has 0 aliphatic carbocycles. The predicted molar refractivity (Wildman–Crippen MR) is 76.2 cm³/mol. The second-order valence-electron chi connectivity index (χ2n) is 4.13. The third kappa shape index (κ3) is 2.10. The Morgan fingerprint density at radius 3 is 2.89 bits per heavy atom. The van der Waals surface area contributed by atoms with Crippen molar-refractivity contribution >= 4 is 39.0 Å². The van der Waals surface area contributed by atoms with Crippen molar-refractivity contribution in [3.05, 3.63) is 41.0 Å². The predicted octanol–water partition coefficient (Wildman–Crippen LogP) is 3.46. The van der Waals surface area contributed by atoms with Gasteiger partial charge in [0.15, 0.2) is 0 Å². The molecule has 96 valence electrons. The summed E-state index contributed by atoms with van der Waals surface area (Å²) in [6, 6.07) is 6.80. The molecule has 19 heavy (non-hydrogen) atoms. The monoisotopic (exact) mass is 274 g/mol. The maximum atomic E-state index is 13.8.